The van der Waals surface area contributed by atoms with Crippen molar-refractivity contribution >= 4 is 17.7 Å². The molecule has 0 saturated carbocycles. The third-order valence-electron chi connectivity index (χ3n) is 3.31. The van der Waals surface area contributed by atoms with E-state index in [1.54, 1.807) is 12.4 Å². The Kier molecular flexibility index (Phi) is 5.73. The lowest BCUT2D eigenvalue weighted by molar-refractivity contribution is -0.118. The number of nitrogens with one attached hydrogen (secondary N) is 1. The van der Waals surface area contributed by atoms with Gasteiger partial charge in [-0.1, -0.05) is 29.9 Å². The highest BCUT2D eigenvalue weighted by Gasteiger charge is 2.09. The second-order valence-electron chi connectivity index (χ2n) is 5.14. The number of carbonyl (C=O) groups excluding carboxylic acids is 1. The van der Waals surface area contributed by atoms with Crippen LogP contribution >= 0.6 is 11.8 Å². The molecule has 25 heavy (non-hydrogen) atoms. The van der Waals surface area contributed by atoms with E-state index in [9.17, 15) is 4.79 Å². The maximum atomic E-state index is 11.9. The predicted octanol–water partition coefficient (Wildman–Crippen LogP) is 2.50. The predicted molar refractivity (Wildman–Crippen MR) is 93.7 cm³/mol. The van der Waals surface area contributed by atoms with Gasteiger partial charge in [-0.05, 0) is 24.3 Å². The molecule has 0 bridgehead atoms. The summed E-state index contributed by atoms with van der Waals surface area (Å²) in [5.41, 5.74) is 1.59. The van der Waals surface area contributed by atoms with Crippen molar-refractivity contribution in [2.45, 2.75) is 24.9 Å². The minimum atomic E-state index is -0.0639. The molecular weight excluding hydrogens is 338 g/mol. The van der Waals surface area contributed by atoms with Crippen LogP contribution in [-0.4, -0.2) is 31.8 Å². The molecule has 1 N–H and O–H groups in total. The molecule has 0 unspecified atom stereocenters. The number of thioether (sulfide) groups is 1. The molecule has 0 radical (unpaired) electrons. The van der Waals surface area contributed by atoms with Gasteiger partial charge < -0.3 is 9.84 Å². The Balaban J connectivity index is 1.49. The van der Waals surface area contributed by atoms with Gasteiger partial charge in [0.05, 0.1) is 28.6 Å². The first-order chi connectivity index (χ1) is 12.2. The molecule has 0 atom stereocenters. The third kappa shape index (κ3) is 4.87. The standard InChI is InChI=1S/C17H17N5O2S/c1-2-14-21-17(24-22-14)12-6-7-16(20-9-12)25-11-15(23)19-10-13-5-3-4-8-18-13/h3-9H,2,10-11H2,1H3,(H,19,23). The van der Waals surface area contributed by atoms with Crippen LogP contribution in [-0.2, 0) is 17.8 Å². The maximum Gasteiger partial charge on any atom is 0.259 e. The van der Waals surface area contributed by atoms with E-state index in [4.69, 9.17) is 4.52 Å². The smallest absolute Gasteiger partial charge is 0.259 e. The van der Waals surface area contributed by atoms with Crippen molar-refractivity contribution in [1.82, 2.24) is 25.4 Å². The normalized spacial score (nSPS) is 10.6. The largest absolute Gasteiger partial charge is 0.350 e. The van der Waals surface area contributed by atoms with Crippen LogP contribution in [0.3, 0.4) is 0 Å². The van der Waals surface area contributed by atoms with Crippen LogP contribution in [0.25, 0.3) is 11.5 Å². The van der Waals surface area contributed by atoms with Crippen molar-refractivity contribution in [2.75, 3.05) is 5.75 Å². The number of nitrogens with zero attached hydrogens (tertiary/aromatic N) is 4. The lowest BCUT2D eigenvalue weighted by Crippen LogP contribution is -2.24. The highest BCUT2D eigenvalue weighted by Crippen LogP contribution is 2.20. The average Bonchev–Trinajstić information content (AvgIpc) is 3.15. The Morgan fingerprint density at radius 3 is 2.84 bits per heavy atom. The van der Waals surface area contributed by atoms with Crippen LogP contribution in [0.1, 0.15) is 18.4 Å². The van der Waals surface area contributed by atoms with Crippen molar-refractivity contribution in [2.24, 2.45) is 0 Å². The number of aryl methyl sites for hydroxylation is 1. The molecule has 0 aliphatic rings. The summed E-state index contributed by atoms with van der Waals surface area (Å²) in [5.74, 6) is 1.35. The minimum absolute atomic E-state index is 0.0639. The van der Waals surface area contributed by atoms with Gasteiger partial charge in [0.15, 0.2) is 5.82 Å². The molecule has 7 nitrogen and oxygen atoms in total. The zero-order chi connectivity index (χ0) is 17.5. The Morgan fingerprint density at radius 2 is 2.16 bits per heavy atom. The summed E-state index contributed by atoms with van der Waals surface area (Å²) in [7, 11) is 0. The lowest BCUT2D eigenvalue weighted by Gasteiger charge is -2.04. The molecule has 0 aliphatic heterocycles. The summed E-state index contributed by atoms with van der Waals surface area (Å²) in [4.78, 5) is 24.6. The van der Waals surface area contributed by atoms with E-state index in [-0.39, 0.29) is 5.91 Å². The molecule has 3 aromatic heterocycles. The van der Waals surface area contributed by atoms with Crippen LogP contribution in [0.4, 0.5) is 0 Å². The minimum Gasteiger partial charge on any atom is -0.350 e. The van der Waals surface area contributed by atoms with Crippen LogP contribution < -0.4 is 5.32 Å². The van der Waals surface area contributed by atoms with Crippen molar-refractivity contribution in [3.05, 3.63) is 54.2 Å². The zero-order valence-electron chi connectivity index (χ0n) is 13.7. The van der Waals surface area contributed by atoms with Gasteiger partial charge in [-0.25, -0.2) is 4.98 Å². The number of carbonyl (C=O) groups is 1. The monoisotopic (exact) mass is 355 g/mol. The number of pyridine rings is 2. The lowest BCUT2D eigenvalue weighted by atomic mass is 10.3. The second kappa shape index (κ2) is 8.39. The molecule has 128 valence electrons. The first kappa shape index (κ1) is 17.1. The fourth-order valence-electron chi connectivity index (χ4n) is 1.99. The van der Waals surface area contributed by atoms with Crippen LogP contribution in [0, 0.1) is 0 Å². The molecule has 3 rings (SSSR count). The van der Waals surface area contributed by atoms with Gasteiger partial charge in [0.25, 0.3) is 5.89 Å². The van der Waals surface area contributed by atoms with Gasteiger partial charge >= 0.3 is 0 Å². The Bertz CT molecular complexity index is 821. The number of rotatable bonds is 7. The Labute approximate surface area is 149 Å². The van der Waals surface area contributed by atoms with E-state index >= 15 is 0 Å². The van der Waals surface area contributed by atoms with E-state index in [2.05, 4.69) is 25.4 Å². The molecule has 0 aliphatic carbocycles. The molecule has 3 heterocycles. The van der Waals surface area contributed by atoms with E-state index in [1.807, 2.05) is 37.3 Å². The number of amides is 1. The summed E-state index contributed by atoms with van der Waals surface area (Å²) < 4.78 is 5.18. The summed E-state index contributed by atoms with van der Waals surface area (Å²) in [6.07, 6.45) is 4.09. The fraction of sp³-hybridized carbons (Fsp3) is 0.235. The third-order valence-corrected chi connectivity index (χ3v) is 4.26. The van der Waals surface area contributed by atoms with E-state index < -0.39 is 0 Å². The second-order valence-corrected chi connectivity index (χ2v) is 6.14. The zero-order valence-corrected chi connectivity index (χ0v) is 14.5. The van der Waals surface area contributed by atoms with Crippen LogP contribution in [0.5, 0.6) is 0 Å². The van der Waals surface area contributed by atoms with Gasteiger partial charge in [0, 0.05) is 18.8 Å². The summed E-state index contributed by atoms with van der Waals surface area (Å²) >= 11 is 1.37. The summed E-state index contributed by atoms with van der Waals surface area (Å²) in [5, 5.41) is 7.45. The maximum absolute atomic E-state index is 11.9. The van der Waals surface area contributed by atoms with E-state index in [1.165, 1.54) is 11.8 Å². The van der Waals surface area contributed by atoms with Gasteiger partial charge in [-0.15, -0.1) is 0 Å². The van der Waals surface area contributed by atoms with Gasteiger partial charge in [-0.2, -0.15) is 4.98 Å². The molecule has 1 amide bonds. The number of aromatic nitrogens is 4. The van der Waals surface area contributed by atoms with Gasteiger partial charge in [-0.3, -0.25) is 9.78 Å². The first-order valence-corrected chi connectivity index (χ1v) is 8.81. The van der Waals surface area contributed by atoms with Crippen molar-refractivity contribution in [1.29, 1.82) is 0 Å². The fourth-order valence-corrected chi connectivity index (χ4v) is 2.66. The SMILES string of the molecule is CCc1noc(-c2ccc(SCC(=O)NCc3ccccn3)nc2)n1. The summed E-state index contributed by atoms with van der Waals surface area (Å²) in [6.45, 7) is 2.38. The summed E-state index contributed by atoms with van der Waals surface area (Å²) in [6, 6.07) is 9.29. The van der Waals surface area contributed by atoms with Crippen molar-refractivity contribution in [3.8, 4) is 11.5 Å². The van der Waals surface area contributed by atoms with Gasteiger partial charge in [0.1, 0.15) is 0 Å². The molecule has 0 fully saturated rings. The van der Waals surface area contributed by atoms with E-state index in [0.29, 0.717) is 24.0 Å². The Hall–Kier alpha value is -2.74. The molecular formula is C17H17N5O2S. The molecule has 0 spiro atoms. The van der Waals surface area contributed by atoms with Crippen LogP contribution in [0.2, 0.25) is 0 Å². The number of hydrogen-bond donors (Lipinski definition) is 1. The molecule has 0 saturated heterocycles. The molecule has 0 aromatic carbocycles. The van der Waals surface area contributed by atoms with Crippen molar-refractivity contribution < 1.29 is 9.32 Å². The average molecular weight is 355 g/mol. The molecule has 8 heteroatoms. The van der Waals surface area contributed by atoms with Crippen molar-refractivity contribution in [3.63, 3.8) is 0 Å². The number of hydrogen-bond acceptors (Lipinski definition) is 7. The Morgan fingerprint density at radius 1 is 1.24 bits per heavy atom. The quantitative estimate of drug-likeness (QED) is 0.651. The first-order valence-electron chi connectivity index (χ1n) is 7.83. The highest BCUT2D eigenvalue weighted by atomic mass is 32.2. The van der Waals surface area contributed by atoms with E-state index in [0.717, 1.165) is 22.7 Å². The highest BCUT2D eigenvalue weighted by molar-refractivity contribution is 7.99. The molecule has 3 aromatic rings. The van der Waals surface area contributed by atoms with Crippen LogP contribution in [0.15, 0.2) is 52.3 Å². The van der Waals surface area contributed by atoms with Gasteiger partial charge in [0.2, 0.25) is 5.91 Å². The topological polar surface area (TPSA) is 93.8 Å².